The molecule has 0 fully saturated rings. The van der Waals surface area contributed by atoms with Crippen LogP contribution in [-0.4, -0.2) is 17.0 Å². The highest BCUT2D eigenvalue weighted by molar-refractivity contribution is 7.16. The van der Waals surface area contributed by atoms with Crippen LogP contribution in [0.4, 0.5) is 0 Å². The van der Waals surface area contributed by atoms with E-state index in [2.05, 4.69) is 5.32 Å². The van der Waals surface area contributed by atoms with Crippen LogP contribution >= 0.6 is 11.3 Å². The van der Waals surface area contributed by atoms with Gasteiger partial charge in [0, 0.05) is 6.54 Å². The van der Waals surface area contributed by atoms with Gasteiger partial charge in [-0.2, -0.15) is 0 Å². The fourth-order valence-electron chi connectivity index (χ4n) is 1.11. The van der Waals surface area contributed by atoms with E-state index in [0.29, 0.717) is 11.4 Å². The van der Waals surface area contributed by atoms with Crippen LogP contribution in [0.2, 0.25) is 0 Å². The predicted molar refractivity (Wildman–Crippen MR) is 42.4 cm³/mol. The fraction of sp³-hybridized carbons (Fsp3) is 0.143. The maximum Gasteiger partial charge on any atom is 0.345 e. The molecule has 2 heterocycles. The van der Waals surface area contributed by atoms with Crippen molar-refractivity contribution in [1.82, 2.24) is 5.32 Å². The van der Waals surface area contributed by atoms with Crippen molar-refractivity contribution >= 4 is 23.2 Å². The molecule has 1 aliphatic rings. The van der Waals surface area contributed by atoms with E-state index in [4.69, 9.17) is 5.11 Å². The monoisotopic (exact) mass is 183 g/mol. The molecule has 1 aromatic rings. The second-order valence-corrected chi connectivity index (χ2v) is 3.51. The van der Waals surface area contributed by atoms with Crippen LogP contribution in [0, 0.1) is 0 Å². The Hall–Kier alpha value is -1.36. The number of nitrogens with one attached hydrogen (secondary N) is 1. The zero-order valence-electron chi connectivity index (χ0n) is 5.96. The minimum Gasteiger partial charge on any atom is -0.477 e. The fourth-order valence-corrected chi connectivity index (χ4v) is 2.05. The minimum absolute atomic E-state index is 0.164. The molecule has 5 heteroatoms. The Kier molecular flexibility index (Phi) is 1.41. The van der Waals surface area contributed by atoms with E-state index in [0.717, 1.165) is 16.9 Å². The molecule has 0 saturated heterocycles. The number of carboxylic acids is 1. The lowest BCUT2D eigenvalue weighted by molar-refractivity contribution is 0.0702. The molecule has 0 atom stereocenters. The largest absolute Gasteiger partial charge is 0.477 e. The maximum absolute atomic E-state index is 11.0. The molecule has 0 saturated carbocycles. The third-order valence-electron chi connectivity index (χ3n) is 1.67. The van der Waals surface area contributed by atoms with Crippen LogP contribution in [0.3, 0.4) is 0 Å². The Bertz CT molecular complexity index is 369. The minimum atomic E-state index is -0.970. The van der Waals surface area contributed by atoms with Gasteiger partial charge in [0.1, 0.15) is 4.88 Å². The van der Waals surface area contributed by atoms with Crippen LogP contribution in [0.5, 0.6) is 0 Å². The molecular formula is C7H5NO3S. The van der Waals surface area contributed by atoms with Crippen LogP contribution in [0.1, 0.15) is 24.9 Å². The zero-order valence-corrected chi connectivity index (χ0v) is 6.77. The molecule has 1 aromatic heterocycles. The van der Waals surface area contributed by atoms with Gasteiger partial charge < -0.3 is 10.4 Å². The molecule has 0 aromatic carbocycles. The van der Waals surface area contributed by atoms with Crippen molar-refractivity contribution in [2.24, 2.45) is 0 Å². The normalized spacial score (nSPS) is 14.2. The molecule has 0 spiro atoms. The van der Waals surface area contributed by atoms with Crippen molar-refractivity contribution in [3.05, 3.63) is 21.4 Å². The van der Waals surface area contributed by atoms with Gasteiger partial charge in [-0.25, -0.2) is 4.79 Å². The molecule has 0 bridgehead atoms. The van der Waals surface area contributed by atoms with Crippen LogP contribution < -0.4 is 5.32 Å². The highest BCUT2D eigenvalue weighted by atomic mass is 32.1. The summed E-state index contributed by atoms with van der Waals surface area (Å²) in [6, 6.07) is 1.54. The predicted octanol–water partition coefficient (Wildman–Crippen LogP) is 0.690. The Balaban J connectivity index is 2.49. The van der Waals surface area contributed by atoms with Crippen LogP contribution in [0.25, 0.3) is 0 Å². The van der Waals surface area contributed by atoms with E-state index < -0.39 is 5.97 Å². The third kappa shape index (κ3) is 0.902. The summed E-state index contributed by atoms with van der Waals surface area (Å²) in [6.45, 7) is 0.456. The number of amides is 1. The summed E-state index contributed by atoms with van der Waals surface area (Å²) in [5.41, 5.74) is 0.794. The van der Waals surface area contributed by atoms with E-state index in [9.17, 15) is 9.59 Å². The van der Waals surface area contributed by atoms with E-state index in [1.54, 1.807) is 6.07 Å². The Morgan fingerprint density at radius 1 is 1.67 bits per heavy atom. The van der Waals surface area contributed by atoms with Gasteiger partial charge in [0.2, 0.25) is 0 Å². The van der Waals surface area contributed by atoms with Gasteiger partial charge >= 0.3 is 5.97 Å². The number of thiophene rings is 1. The summed E-state index contributed by atoms with van der Waals surface area (Å²) in [4.78, 5) is 22.3. The lowest BCUT2D eigenvalue weighted by Crippen LogP contribution is -2.12. The average molecular weight is 183 g/mol. The molecule has 0 unspecified atom stereocenters. The van der Waals surface area contributed by atoms with Crippen molar-refractivity contribution in [2.75, 3.05) is 0 Å². The number of rotatable bonds is 1. The zero-order chi connectivity index (χ0) is 8.72. The highest BCUT2D eigenvalue weighted by Gasteiger charge is 2.23. The van der Waals surface area contributed by atoms with Crippen molar-refractivity contribution < 1.29 is 14.7 Å². The lowest BCUT2D eigenvalue weighted by atomic mass is 10.3. The van der Waals surface area contributed by atoms with Crippen molar-refractivity contribution in [2.45, 2.75) is 6.54 Å². The van der Waals surface area contributed by atoms with Gasteiger partial charge in [0.15, 0.2) is 0 Å². The summed E-state index contributed by atoms with van der Waals surface area (Å²) in [5.74, 6) is -1.13. The first-order chi connectivity index (χ1) is 5.68. The van der Waals surface area contributed by atoms with E-state index in [1.165, 1.54) is 0 Å². The summed E-state index contributed by atoms with van der Waals surface area (Å²) < 4.78 is 0. The summed E-state index contributed by atoms with van der Waals surface area (Å²) in [6.07, 6.45) is 0. The summed E-state index contributed by atoms with van der Waals surface area (Å²) in [5, 5.41) is 11.2. The second kappa shape index (κ2) is 2.31. The number of carbonyl (C=O) groups excluding carboxylic acids is 1. The first kappa shape index (κ1) is 7.30. The molecule has 4 nitrogen and oxygen atoms in total. The molecule has 62 valence electrons. The van der Waals surface area contributed by atoms with Crippen molar-refractivity contribution in [3.8, 4) is 0 Å². The molecule has 2 N–H and O–H groups in total. The molecule has 2 rings (SSSR count). The Morgan fingerprint density at radius 3 is 3.00 bits per heavy atom. The first-order valence-electron chi connectivity index (χ1n) is 3.32. The number of hydrogen-bond donors (Lipinski definition) is 2. The Labute approximate surface area is 71.8 Å². The van der Waals surface area contributed by atoms with Crippen LogP contribution in [0.15, 0.2) is 6.07 Å². The second-order valence-electron chi connectivity index (χ2n) is 2.45. The van der Waals surface area contributed by atoms with E-state index in [-0.39, 0.29) is 10.8 Å². The molecule has 0 aliphatic carbocycles. The van der Waals surface area contributed by atoms with Crippen molar-refractivity contribution in [3.63, 3.8) is 0 Å². The number of fused-ring (bicyclic) bond motifs is 1. The third-order valence-corrected chi connectivity index (χ3v) is 2.83. The van der Waals surface area contributed by atoms with Gasteiger partial charge in [-0.1, -0.05) is 0 Å². The number of carboxylic acid groups (broad SMARTS) is 1. The van der Waals surface area contributed by atoms with E-state index in [1.807, 2.05) is 0 Å². The maximum atomic E-state index is 11.0. The number of hydrogen-bond acceptors (Lipinski definition) is 3. The smallest absolute Gasteiger partial charge is 0.345 e. The van der Waals surface area contributed by atoms with Crippen LogP contribution in [-0.2, 0) is 6.54 Å². The molecular weight excluding hydrogens is 178 g/mol. The van der Waals surface area contributed by atoms with Gasteiger partial charge in [-0.05, 0) is 11.6 Å². The van der Waals surface area contributed by atoms with Gasteiger partial charge in [0.05, 0.1) is 4.88 Å². The van der Waals surface area contributed by atoms with Gasteiger partial charge in [-0.15, -0.1) is 11.3 Å². The highest BCUT2D eigenvalue weighted by Crippen LogP contribution is 2.25. The number of aromatic carboxylic acids is 1. The van der Waals surface area contributed by atoms with E-state index >= 15 is 0 Å². The molecule has 12 heavy (non-hydrogen) atoms. The Morgan fingerprint density at radius 2 is 2.42 bits per heavy atom. The van der Waals surface area contributed by atoms with Gasteiger partial charge in [0.25, 0.3) is 5.91 Å². The quantitative estimate of drug-likeness (QED) is 0.673. The van der Waals surface area contributed by atoms with Crippen molar-refractivity contribution in [1.29, 1.82) is 0 Å². The molecule has 0 radical (unpaired) electrons. The summed E-state index contributed by atoms with van der Waals surface area (Å²) in [7, 11) is 0. The topological polar surface area (TPSA) is 66.4 Å². The first-order valence-corrected chi connectivity index (χ1v) is 4.14. The summed E-state index contributed by atoms with van der Waals surface area (Å²) >= 11 is 1.03. The standard InChI is InChI=1S/C7H5NO3S/c9-6-5-3(2-8-6)1-4(12-5)7(10)11/h1H,2H2,(H,8,9)(H,10,11). The number of carbonyl (C=O) groups is 2. The molecule has 1 aliphatic heterocycles. The average Bonchev–Trinajstić information content (AvgIpc) is 2.53. The molecule has 1 amide bonds. The SMILES string of the molecule is O=C(O)c1cc2c(s1)C(=O)NC2. The lowest BCUT2D eigenvalue weighted by Gasteiger charge is -1.88. The van der Waals surface area contributed by atoms with Gasteiger partial charge in [-0.3, -0.25) is 4.79 Å².